The molecule has 0 amide bonds. The fourth-order valence-corrected chi connectivity index (χ4v) is 5.00. The highest BCUT2D eigenvalue weighted by Crippen LogP contribution is 2.56. The number of piperidine rings is 1. The van der Waals surface area contributed by atoms with Crippen LogP contribution in [0.3, 0.4) is 0 Å². The Hall–Kier alpha value is -2.28. The van der Waals surface area contributed by atoms with E-state index in [4.69, 9.17) is 15.7 Å². The standard InChI is InChI=1S/C18H21N7/c19-17-21-4-10(5-22-17)14-3-15(16-12-6-20-7-13(12)16)24-18(23-14)25-8-9-1-11(25)2-9/h3-5,9,11-13,16,20H,1-2,6-8H2,(H2,19,21,22)/t9?,11?,12-,13+,16+. The van der Waals surface area contributed by atoms with Crippen LogP contribution in [0.4, 0.5) is 11.9 Å². The van der Waals surface area contributed by atoms with Crippen LogP contribution in [0.2, 0.25) is 0 Å². The van der Waals surface area contributed by atoms with Gasteiger partial charge in [-0.15, -0.1) is 0 Å². The number of aromatic nitrogens is 4. The Balaban J connectivity index is 1.42. The quantitative estimate of drug-likeness (QED) is 0.866. The Bertz CT molecular complexity index is 820. The normalized spacial score (nSPS) is 34.7. The van der Waals surface area contributed by atoms with E-state index in [-0.39, 0.29) is 0 Å². The average Bonchev–Trinajstić information content (AvgIpc) is 3.04. The van der Waals surface area contributed by atoms with Gasteiger partial charge in [-0.1, -0.05) is 0 Å². The van der Waals surface area contributed by atoms with Gasteiger partial charge < -0.3 is 16.0 Å². The largest absolute Gasteiger partial charge is 0.368 e. The summed E-state index contributed by atoms with van der Waals surface area (Å²) >= 11 is 0. The molecule has 7 rings (SSSR count). The van der Waals surface area contributed by atoms with Crippen LogP contribution in [0.5, 0.6) is 0 Å². The van der Waals surface area contributed by atoms with E-state index in [1.54, 1.807) is 12.4 Å². The molecular formula is C18H21N7. The molecule has 0 aromatic carbocycles. The number of nitrogens with one attached hydrogen (secondary N) is 1. The minimum absolute atomic E-state index is 0.293. The van der Waals surface area contributed by atoms with Gasteiger partial charge in [0.25, 0.3) is 0 Å². The minimum atomic E-state index is 0.293. The van der Waals surface area contributed by atoms with Gasteiger partial charge in [-0.3, -0.25) is 0 Å². The predicted octanol–water partition coefficient (Wildman–Crippen LogP) is 1.05. The number of hydrogen-bond acceptors (Lipinski definition) is 7. The molecule has 5 heterocycles. The number of nitrogen functional groups attached to an aromatic ring is 1. The Morgan fingerprint density at radius 2 is 1.84 bits per heavy atom. The molecule has 3 N–H and O–H groups in total. The Morgan fingerprint density at radius 1 is 1.08 bits per heavy atom. The smallest absolute Gasteiger partial charge is 0.226 e. The summed E-state index contributed by atoms with van der Waals surface area (Å²) < 4.78 is 0. The molecule has 2 bridgehead atoms. The third-order valence-electron chi connectivity index (χ3n) is 6.50. The first kappa shape index (κ1) is 13.9. The lowest BCUT2D eigenvalue weighted by molar-refractivity contribution is 0.380. The number of anilines is 2. The van der Waals surface area contributed by atoms with Crippen molar-refractivity contribution in [2.45, 2.75) is 24.8 Å². The molecule has 3 atom stereocenters. The monoisotopic (exact) mass is 335 g/mol. The van der Waals surface area contributed by atoms with Crippen molar-refractivity contribution in [3.63, 3.8) is 0 Å². The van der Waals surface area contributed by atoms with E-state index in [1.165, 1.54) is 18.5 Å². The summed E-state index contributed by atoms with van der Waals surface area (Å²) in [4.78, 5) is 20.6. The zero-order valence-electron chi connectivity index (χ0n) is 14.0. The van der Waals surface area contributed by atoms with Crippen molar-refractivity contribution in [1.29, 1.82) is 0 Å². The van der Waals surface area contributed by atoms with Crippen LogP contribution in [0, 0.1) is 17.8 Å². The van der Waals surface area contributed by atoms with Crippen molar-refractivity contribution in [3.8, 4) is 11.3 Å². The maximum absolute atomic E-state index is 5.64. The van der Waals surface area contributed by atoms with Crippen LogP contribution in [-0.2, 0) is 0 Å². The molecule has 0 unspecified atom stereocenters. The number of fused-ring (bicyclic) bond motifs is 2. The average molecular weight is 335 g/mol. The lowest BCUT2D eigenvalue weighted by Gasteiger charge is -2.26. The highest BCUT2D eigenvalue weighted by Gasteiger charge is 2.54. The molecule has 2 aromatic heterocycles. The molecule has 3 aliphatic heterocycles. The van der Waals surface area contributed by atoms with Crippen molar-refractivity contribution in [2.75, 3.05) is 30.3 Å². The lowest BCUT2D eigenvalue weighted by atomic mass is 9.86. The second-order valence-electron chi connectivity index (χ2n) is 7.96. The first-order valence-corrected chi connectivity index (χ1v) is 9.20. The Kier molecular flexibility index (Phi) is 2.72. The lowest BCUT2D eigenvalue weighted by Crippen LogP contribution is -2.30. The van der Waals surface area contributed by atoms with Crippen LogP contribution in [0.1, 0.15) is 24.5 Å². The topological polar surface area (TPSA) is 92.8 Å². The van der Waals surface area contributed by atoms with E-state index in [1.807, 2.05) is 0 Å². The molecule has 7 heteroatoms. The summed E-state index contributed by atoms with van der Waals surface area (Å²) in [5.41, 5.74) is 8.66. The highest BCUT2D eigenvalue weighted by atomic mass is 15.3. The van der Waals surface area contributed by atoms with E-state index >= 15 is 0 Å². The summed E-state index contributed by atoms with van der Waals surface area (Å²) in [6.07, 6.45) is 6.12. The third kappa shape index (κ3) is 2.08. The predicted molar refractivity (Wildman–Crippen MR) is 93.9 cm³/mol. The van der Waals surface area contributed by atoms with E-state index in [0.29, 0.717) is 17.9 Å². The summed E-state index contributed by atoms with van der Waals surface area (Å²) in [7, 11) is 0. The van der Waals surface area contributed by atoms with Crippen LogP contribution >= 0.6 is 0 Å². The number of hydrogen-bond donors (Lipinski definition) is 2. The van der Waals surface area contributed by atoms with Gasteiger partial charge >= 0.3 is 0 Å². The second kappa shape index (κ2) is 4.88. The van der Waals surface area contributed by atoms with Gasteiger partial charge in [-0.2, -0.15) is 0 Å². The van der Waals surface area contributed by atoms with Gasteiger partial charge in [0.2, 0.25) is 11.9 Å². The van der Waals surface area contributed by atoms with E-state index < -0.39 is 0 Å². The van der Waals surface area contributed by atoms with Crippen LogP contribution in [0.15, 0.2) is 18.5 Å². The van der Waals surface area contributed by atoms with Crippen LogP contribution < -0.4 is 16.0 Å². The zero-order chi connectivity index (χ0) is 16.5. The number of nitrogens with two attached hydrogens (primary N) is 1. The number of rotatable bonds is 3. The summed E-state index contributed by atoms with van der Waals surface area (Å²) in [5, 5.41) is 3.47. The van der Waals surface area contributed by atoms with Crippen LogP contribution in [-0.4, -0.2) is 45.6 Å². The molecular weight excluding hydrogens is 314 g/mol. The third-order valence-corrected chi connectivity index (χ3v) is 6.50. The van der Waals surface area contributed by atoms with Crippen molar-refractivity contribution < 1.29 is 0 Å². The van der Waals surface area contributed by atoms with Gasteiger partial charge in [0, 0.05) is 36.5 Å². The second-order valence-corrected chi connectivity index (χ2v) is 7.96. The van der Waals surface area contributed by atoms with Gasteiger partial charge in [-0.25, -0.2) is 19.9 Å². The SMILES string of the molecule is Nc1ncc(-c2cc([C@H]3[C@@H]4CNC[C@@H]43)nc(N3CC4CC3C4)n2)cn1. The van der Waals surface area contributed by atoms with Gasteiger partial charge in [0.1, 0.15) is 0 Å². The first-order chi connectivity index (χ1) is 12.3. The van der Waals surface area contributed by atoms with Crippen molar-refractivity contribution in [3.05, 3.63) is 24.2 Å². The summed E-state index contributed by atoms with van der Waals surface area (Å²) in [6, 6.07) is 2.78. The molecule has 3 saturated heterocycles. The van der Waals surface area contributed by atoms with Crippen molar-refractivity contribution in [1.82, 2.24) is 25.3 Å². The molecule has 5 fully saturated rings. The minimum Gasteiger partial charge on any atom is -0.368 e. The van der Waals surface area contributed by atoms with Gasteiger partial charge in [0.15, 0.2) is 0 Å². The molecule has 7 nitrogen and oxygen atoms in total. The van der Waals surface area contributed by atoms with E-state index in [9.17, 15) is 0 Å². The Labute approximate surface area is 146 Å². The van der Waals surface area contributed by atoms with Gasteiger partial charge in [-0.05, 0) is 49.8 Å². The zero-order valence-corrected chi connectivity index (χ0v) is 14.0. The molecule has 5 aliphatic rings. The molecule has 0 spiro atoms. The van der Waals surface area contributed by atoms with Gasteiger partial charge in [0.05, 0.1) is 11.4 Å². The van der Waals surface area contributed by atoms with E-state index in [0.717, 1.165) is 54.6 Å². The molecule has 2 saturated carbocycles. The Morgan fingerprint density at radius 3 is 2.52 bits per heavy atom. The molecule has 128 valence electrons. The number of nitrogens with zero attached hydrogens (tertiary/aromatic N) is 5. The molecule has 0 radical (unpaired) electrons. The van der Waals surface area contributed by atoms with E-state index in [2.05, 4.69) is 26.3 Å². The summed E-state index contributed by atoms with van der Waals surface area (Å²) in [6.45, 7) is 3.33. The maximum atomic E-state index is 5.64. The maximum Gasteiger partial charge on any atom is 0.226 e. The molecule has 2 aromatic rings. The fourth-order valence-electron chi connectivity index (χ4n) is 5.00. The molecule has 25 heavy (non-hydrogen) atoms. The highest BCUT2D eigenvalue weighted by molar-refractivity contribution is 5.60. The van der Waals surface area contributed by atoms with Crippen LogP contribution in [0.25, 0.3) is 11.3 Å². The first-order valence-electron chi connectivity index (χ1n) is 9.20. The molecule has 2 aliphatic carbocycles. The van der Waals surface area contributed by atoms with Crippen molar-refractivity contribution in [2.24, 2.45) is 17.8 Å². The summed E-state index contributed by atoms with van der Waals surface area (Å²) in [5.74, 6) is 4.09. The fraction of sp³-hybridized carbons (Fsp3) is 0.556. The van der Waals surface area contributed by atoms with Crippen molar-refractivity contribution >= 4 is 11.9 Å².